The van der Waals surface area contributed by atoms with E-state index in [1.54, 1.807) is 18.5 Å². The van der Waals surface area contributed by atoms with Crippen molar-refractivity contribution in [2.24, 2.45) is 0 Å². The Bertz CT molecular complexity index is 437. The Morgan fingerprint density at radius 3 is 2.41 bits per heavy atom. The summed E-state index contributed by atoms with van der Waals surface area (Å²) >= 11 is 0. The first-order valence-electron chi connectivity index (χ1n) is 8.39. The summed E-state index contributed by atoms with van der Waals surface area (Å²) in [6.07, 6.45) is 6.90. The van der Waals surface area contributed by atoms with Gasteiger partial charge in [0.15, 0.2) is 0 Å². The predicted octanol–water partition coefficient (Wildman–Crippen LogP) is 1.15. The molecule has 0 bridgehead atoms. The van der Waals surface area contributed by atoms with Crippen LogP contribution in [0, 0.1) is 0 Å². The first-order chi connectivity index (χ1) is 10.5. The van der Waals surface area contributed by atoms with Crippen molar-refractivity contribution in [3.05, 3.63) is 0 Å². The quantitative estimate of drug-likeness (QED) is 0.669. The van der Waals surface area contributed by atoms with Gasteiger partial charge >= 0.3 is 0 Å². The van der Waals surface area contributed by atoms with E-state index in [4.69, 9.17) is 4.74 Å². The second kappa shape index (κ2) is 8.06. The minimum atomic E-state index is -3.37. The van der Waals surface area contributed by atoms with Crippen molar-refractivity contribution in [2.45, 2.75) is 50.6 Å². The minimum Gasteiger partial charge on any atom is -0.383 e. The van der Waals surface area contributed by atoms with E-state index in [0.717, 1.165) is 19.4 Å². The number of methoxy groups -OCH3 is 1. The molecule has 1 heterocycles. The summed E-state index contributed by atoms with van der Waals surface area (Å²) in [5, 5.41) is 0. The van der Waals surface area contributed by atoms with Crippen molar-refractivity contribution in [2.75, 3.05) is 47.4 Å². The number of nitrogens with zero attached hydrogens (tertiary/aromatic N) is 3. The van der Waals surface area contributed by atoms with Crippen LogP contribution >= 0.6 is 0 Å². The van der Waals surface area contributed by atoms with Gasteiger partial charge in [0.1, 0.15) is 0 Å². The zero-order valence-corrected chi connectivity index (χ0v) is 15.0. The lowest BCUT2D eigenvalue weighted by Crippen LogP contribution is -2.48. The second-order valence-electron chi connectivity index (χ2n) is 6.61. The van der Waals surface area contributed by atoms with E-state index in [0.29, 0.717) is 25.7 Å². The summed E-state index contributed by atoms with van der Waals surface area (Å²) < 4.78 is 33.7. The molecule has 1 saturated heterocycles. The third-order valence-electron chi connectivity index (χ3n) is 5.09. The van der Waals surface area contributed by atoms with E-state index in [-0.39, 0.29) is 6.04 Å². The van der Waals surface area contributed by atoms with Gasteiger partial charge in [-0.1, -0.05) is 12.8 Å². The molecule has 22 heavy (non-hydrogen) atoms. The molecule has 2 aliphatic rings. The van der Waals surface area contributed by atoms with Crippen molar-refractivity contribution in [1.82, 2.24) is 13.5 Å². The second-order valence-corrected chi connectivity index (χ2v) is 8.60. The summed E-state index contributed by atoms with van der Waals surface area (Å²) in [5.41, 5.74) is 0. The molecule has 2 fully saturated rings. The highest BCUT2D eigenvalue weighted by Gasteiger charge is 2.36. The smallest absolute Gasteiger partial charge is 0.282 e. The highest BCUT2D eigenvalue weighted by Crippen LogP contribution is 2.24. The molecular weight excluding hydrogens is 302 g/mol. The average molecular weight is 333 g/mol. The normalized spacial score (nSPS) is 24.9. The fraction of sp³-hybridized carbons (Fsp3) is 1.00. The summed E-state index contributed by atoms with van der Waals surface area (Å²) in [6.45, 7) is 2.43. The monoisotopic (exact) mass is 333 g/mol. The van der Waals surface area contributed by atoms with E-state index >= 15 is 0 Å². The fourth-order valence-electron chi connectivity index (χ4n) is 3.59. The van der Waals surface area contributed by atoms with Gasteiger partial charge in [0.05, 0.1) is 6.61 Å². The SMILES string of the molecule is COCC1CCCN1S(=O)(=O)N(C)CCN(C)C1CCCC1. The minimum absolute atomic E-state index is 0.00925. The Hall–Kier alpha value is -0.210. The van der Waals surface area contributed by atoms with Crippen molar-refractivity contribution >= 4 is 10.2 Å². The van der Waals surface area contributed by atoms with E-state index < -0.39 is 10.2 Å². The van der Waals surface area contributed by atoms with Gasteiger partial charge in [0, 0.05) is 45.9 Å². The topological polar surface area (TPSA) is 53.1 Å². The van der Waals surface area contributed by atoms with E-state index in [1.165, 1.54) is 30.0 Å². The molecular formula is C15H31N3O3S. The largest absolute Gasteiger partial charge is 0.383 e. The molecule has 1 aliphatic heterocycles. The van der Waals surface area contributed by atoms with E-state index in [1.807, 2.05) is 0 Å². The number of hydrogen-bond donors (Lipinski definition) is 0. The molecule has 1 saturated carbocycles. The Morgan fingerprint density at radius 1 is 1.09 bits per heavy atom. The van der Waals surface area contributed by atoms with Crippen LogP contribution in [0.5, 0.6) is 0 Å². The maximum atomic E-state index is 12.7. The fourth-order valence-corrected chi connectivity index (χ4v) is 5.17. The van der Waals surface area contributed by atoms with Crippen LogP contribution in [0.1, 0.15) is 38.5 Å². The van der Waals surface area contributed by atoms with Crippen molar-refractivity contribution in [1.29, 1.82) is 0 Å². The van der Waals surface area contributed by atoms with E-state index in [2.05, 4.69) is 11.9 Å². The Labute approximate surface area is 135 Å². The molecule has 2 rings (SSSR count). The van der Waals surface area contributed by atoms with Gasteiger partial charge in [0.25, 0.3) is 10.2 Å². The van der Waals surface area contributed by atoms with Gasteiger partial charge in [-0.15, -0.1) is 0 Å². The molecule has 0 radical (unpaired) electrons. The van der Waals surface area contributed by atoms with Crippen LogP contribution < -0.4 is 0 Å². The van der Waals surface area contributed by atoms with Gasteiger partial charge in [0.2, 0.25) is 0 Å². The van der Waals surface area contributed by atoms with Gasteiger partial charge in [-0.3, -0.25) is 0 Å². The predicted molar refractivity (Wildman–Crippen MR) is 88.0 cm³/mol. The third kappa shape index (κ3) is 4.20. The third-order valence-corrected chi connectivity index (χ3v) is 7.13. The number of likely N-dealkylation sites (N-methyl/N-ethyl adjacent to an activating group) is 2. The van der Waals surface area contributed by atoms with Gasteiger partial charge in [-0.05, 0) is 32.7 Å². The first kappa shape index (κ1) is 18.1. The molecule has 0 spiro atoms. The van der Waals surface area contributed by atoms with Crippen LogP contribution in [0.25, 0.3) is 0 Å². The lowest BCUT2D eigenvalue weighted by Gasteiger charge is -2.30. The van der Waals surface area contributed by atoms with Crippen LogP contribution in [0.2, 0.25) is 0 Å². The molecule has 0 aromatic heterocycles. The molecule has 1 aliphatic carbocycles. The summed E-state index contributed by atoms with van der Waals surface area (Å²) in [7, 11) is 2.06. The molecule has 1 atom stereocenters. The standard InChI is InChI=1S/C15H31N3O3S/c1-16(14-7-4-5-8-14)11-12-17(2)22(19,20)18-10-6-9-15(18)13-21-3/h14-15H,4-13H2,1-3H3. The Balaban J connectivity index is 1.88. The number of ether oxygens (including phenoxy) is 1. The molecule has 0 aromatic rings. The van der Waals surface area contributed by atoms with Crippen LogP contribution in [0.4, 0.5) is 0 Å². The number of hydrogen-bond acceptors (Lipinski definition) is 4. The Kier molecular flexibility index (Phi) is 6.64. The zero-order chi connectivity index (χ0) is 16.2. The number of rotatable bonds is 8. The molecule has 0 N–H and O–H groups in total. The van der Waals surface area contributed by atoms with Crippen molar-refractivity contribution < 1.29 is 13.2 Å². The highest BCUT2D eigenvalue weighted by atomic mass is 32.2. The molecule has 0 aromatic carbocycles. The maximum Gasteiger partial charge on any atom is 0.282 e. The van der Waals surface area contributed by atoms with Gasteiger partial charge in [-0.2, -0.15) is 17.0 Å². The lowest BCUT2D eigenvalue weighted by molar-refractivity contribution is 0.145. The molecule has 0 amide bonds. The summed E-state index contributed by atoms with van der Waals surface area (Å²) in [6, 6.07) is 0.620. The summed E-state index contributed by atoms with van der Waals surface area (Å²) in [4.78, 5) is 2.32. The highest BCUT2D eigenvalue weighted by molar-refractivity contribution is 7.86. The zero-order valence-electron chi connectivity index (χ0n) is 14.2. The van der Waals surface area contributed by atoms with Crippen molar-refractivity contribution in [3.63, 3.8) is 0 Å². The Morgan fingerprint density at radius 2 is 1.77 bits per heavy atom. The van der Waals surface area contributed by atoms with Gasteiger partial charge < -0.3 is 9.64 Å². The van der Waals surface area contributed by atoms with Crippen molar-refractivity contribution in [3.8, 4) is 0 Å². The van der Waals surface area contributed by atoms with Gasteiger partial charge in [-0.25, -0.2) is 0 Å². The van der Waals surface area contributed by atoms with Crippen LogP contribution in [0.3, 0.4) is 0 Å². The van der Waals surface area contributed by atoms with Crippen LogP contribution in [0.15, 0.2) is 0 Å². The maximum absolute atomic E-state index is 12.7. The average Bonchev–Trinajstić information content (AvgIpc) is 3.15. The molecule has 130 valence electrons. The summed E-state index contributed by atoms with van der Waals surface area (Å²) in [5.74, 6) is 0. The van der Waals surface area contributed by atoms with Crippen LogP contribution in [-0.4, -0.2) is 81.5 Å². The first-order valence-corrected chi connectivity index (χ1v) is 9.78. The molecule has 1 unspecified atom stereocenters. The van der Waals surface area contributed by atoms with E-state index in [9.17, 15) is 8.42 Å². The lowest BCUT2D eigenvalue weighted by atomic mass is 10.2. The van der Waals surface area contributed by atoms with Crippen LogP contribution in [-0.2, 0) is 14.9 Å². The molecule has 6 nitrogen and oxygen atoms in total. The molecule has 7 heteroatoms.